The van der Waals surface area contributed by atoms with Gasteiger partial charge in [-0.15, -0.1) is 11.3 Å². The Morgan fingerprint density at radius 3 is 2.57 bits per heavy atom. The van der Waals surface area contributed by atoms with Crippen LogP contribution in [0.4, 0.5) is 5.13 Å². The molecule has 1 aliphatic rings. The normalized spacial score (nSPS) is 28.1. The predicted molar refractivity (Wildman–Crippen MR) is 59.1 cm³/mol. The van der Waals surface area contributed by atoms with E-state index in [4.69, 9.17) is 4.74 Å². The average molecular weight is 212 g/mol. The van der Waals surface area contributed by atoms with Crippen LogP contribution in [0.25, 0.3) is 0 Å². The summed E-state index contributed by atoms with van der Waals surface area (Å²) in [5, 5.41) is 3.23. The molecule has 0 aromatic carbocycles. The summed E-state index contributed by atoms with van der Waals surface area (Å²) < 4.78 is 5.68. The van der Waals surface area contributed by atoms with Crippen molar-refractivity contribution in [2.24, 2.45) is 0 Å². The van der Waals surface area contributed by atoms with Gasteiger partial charge in [-0.1, -0.05) is 0 Å². The topological polar surface area (TPSA) is 25.4 Å². The number of rotatable bonds is 1. The van der Waals surface area contributed by atoms with Crippen molar-refractivity contribution in [3.8, 4) is 0 Å². The summed E-state index contributed by atoms with van der Waals surface area (Å²) in [6, 6.07) is 0. The second kappa shape index (κ2) is 3.87. The van der Waals surface area contributed by atoms with Crippen molar-refractivity contribution in [1.82, 2.24) is 4.98 Å². The Labute approximate surface area is 88.7 Å². The van der Waals surface area contributed by atoms with E-state index < -0.39 is 0 Å². The van der Waals surface area contributed by atoms with E-state index in [1.54, 1.807) is 11.3 Å². The van der Waals surface area contributed by atoms with Crippen LogP contribution < -0.4 is 4.90 Å². The molecule has 1 fully saturated rings. The first-order chi connectivity index (χ1) is 6.65. The third-order valence-corrected chi connectivity index (χ3v) is 3.32. The van der Waals surface area contributed by atoms with Crippen molar-refractivity contribution in [3.05, 3.63) is 11.1 Å². The van der Waals surface area contributed by atoms with Crippen LogP contribution in [0.2, 0.25) is 0 Å². The summed E-state index contributed by atoms with van der Waals surface area (Å²) in [4.78, 5) is 6.81. The highest BCUT2D eigenvalue weighted by Crippen LogP contribution is 2.23. The fourth-order valence-electron chi connectivity index (χ4n) is 1.82. The predicted octanol–water partition coefficient (Wildman–Crippen LogP) is 2.07. The molecule has 0 spiro atoms. The Kier molecular flexibility index (Phi) is 2.74. The van der Waals surface area contributed by atoms with E-state index in [9.17, 15) is 0 Å². The van der Waals surface area contributed by atoms with Gasteiger partial charge in [-0.2, -0.15) is 0 Å². The number of morpholine rings is 1. The SMILES string of the molecule is Cc1csc(N2C[C@@H](C)O[C@@H](C)C2)n1. The molecule has 0 saturated carbocycles. The van der Waals surface area contributed by atoms with Gasteiger partial charge in [-0.25, -0.2) is 4.98 Å². The van der Waals surface area contributed by atoms with Gasteiger partial charge in [0.1, 0.15) is 0 Å². The molecule has 78 valence electrons. The summed E-state index contributed by atoms with van der Waals surface area (Å²) in [6.07, 6.45) is 0.617. The summed E-state index contributed by atoms with van der Waals surface area (Å²) in [6.45, 7) is 8.17. The molecule has 1 saturated heterocycles. The van der Waals surface area contributed by atoms with Gasteiger partial charge in [0, 0.05) is 18.5 Å². The van der Waals surface area contributed by atoms with Crippen LogP contribution in [-0.4, -0.2) is 30.3 Å². The van der Waals surface area contributed by atoms with Crippen molar-refractivity contribution in [2.75, 3.05) is 18.0 Å². The van der Waals surface area contributed by atoms with Gasteiger partial charge in [0.05, 0.1) is 17.9 Å². The zero-order valence-corrected chi connectivity index (χ0v) is 9.67. The highest BCUT2D eigenvalue weighted by Gasteiger charge is 2.23. The molecule has 2 atom stereocenters. The monoisotopic (exact) mass is 212 g/mol. The van der Waals surface area contributed by atoms with Gasteiger partial charge in [0.2, 0.25) is 0 Å². The first-order valence-corrected chi connectivity index (χ1v) is 5.85. The van der Waals surface area contributed by atoms with Gasteiger partial charge in [-0.3, -0.25) is 0 Å². The Morgan fingerprint density at radius 1 is 1.43 bits per heavy atom. The second-order valence-electron chi connectivity index (χ2n) is 3.93. The first kappa shape index (κ1) is 9.93. The molecular weight excluding hydrogens is 196 g/mol. The molecule has 2 heterocycles. The number of nitrogens with zero attached hydrogens (tertiary/aromatic N) is 2. The highest BCUT2D eigenvalue weighted by molar-refractivity contribution is 7.13. The maximum atomic E-state index is 5.68. The molecule has 1 aromatic rings. The van der Waals surface area contributed by atoms with E-state index in [1.165, 1.54) is 0 Å². The van der Waals surface area contributed by atoms with Gasteiger partial charge in [0.15, 0.2) is 5.13 Å². The molecule has 3 nitrogen and oxygen atoms in total. The average Bonchev–Trinajstić information content (AvgIpc) is 2.50. The van der Waals surface area contributed by atoms with Crippen LogP contribution in [0, 0.1) is 6.92 Å². The van der Waals surface area contributed by atoms with E-state index in [0.29, 0.717) is 12.2 Å². The quantitative estimate of drug-likeness (QED) is 0.712. The summed E-state index contributed by atoms with van der Waals surface area (Å²) in [5.74, 6) is 0. The molecule has 0 unspecified atom stereocenters. The Balaban J connectivity index is 2.10. The van der Waals surface area contributed by atoms with Crippen LogP contribution in [0.15, 0.2) is 5.38 Å². The number of hydrogen-bond acceptors (Lipinski definition) is 4. The number of anilines is 1. The molecule has 4 heteroatoms. The lowest BCUT2D eigenvalue weighted by Gasteiger charge is -2.35. The van der Waals surface area contributed by atoms with Crippen molar-refractivity contribution >= 4 is 16.5 Å². The molecule has 14 heavy (non-hydrogen) atoms. The Hall–Kier alpha value is -0.610. The highest BCUT2D eigenvalue weighted by atomic mass is 32.1. The molecule has 0 aliphatic carbocycles. The van der Waals surface area contributed by atoms with E-state index in [-0.39, 0.29) is 0 Å². The smallest absolute Gasteiger partial charge is 0.185 e. The van der Waals surface area contributed by atoms with Crippen LogP contribution in [0.1, 0.15) is 19.5 Å². The molecule has 2 rings (SSSR count). The first-order valence-electron chi connectivity index (χ1n) is 4.97. The number of hydrogen-bond donors (Lipinski definition) is 0. The zero-order valence-electron chi connectivity index (χ0n) is 8.86. The van der Waals surface area contributed by atoms with Crippen LogP contribution >= 0.6 is 11.3 Å². The number of thiazole rings is 1. The largest absolute Gasteiger partial charge is 0.372 e. The zero-order chi connectivity index (χ0) is 10.1. The van der Waals surface area contributed by atoms with E-state index in [1.807, 2.05) is 6.92 Å². The molecule has 1 aromatic heterocycles. The van der Waals surface area contributed by atoms with Gasteiger partial charge < -0.3 is 9.64 Å². The van der Waals surface area contributed by atoms with E-state index in [0.717, 1.165) is 23.9 Å². The third kappa shape index (κ3) is 2.07. The Bertz CT molecular complexity index is 303. The van der Waals surface area contributed by atoms with Gasteiger partial charge >= 0.3 is 0 Å². The molecule has 0 radical (unpaired) electrons. The van der Waals surface area contributed by atoms with Gasteiger partial charge in [-0.05, 0) is 20.8 Å². The minimum absolute atomic E-state index is 0.308. The fourth-order valence-corrected chi connectivity index (χ4v) is 2.64. The number of aromatic nitrogens is 1. The summed E-state index contributed by atoms with van der Waals surface area (Å²) in [5.41, 5.74) is 1.11. The molecule has 0 N–H and O–H groups in total. The summed E-state index contributed by atoms with van der Waals surface area (Å²) >= 11 is 1.72. The lowest BCUT2D eigenvalue weighted by Crippen LogP contribution is -2.45. The number of ether oxygens (including phenoxy) is 1. The molecule has 0 amide bonds. The van der Waals surface area contributed by atoms with Crippen LogP contribution in [0.3, 0.4) is 0 Å². The summed E-state index contributed by atoms with van der Waals surface area (Å²) in [7, 11) is 0. The van der Waals surface area contributed by atoms with Crippen molar-refractivity contribution in [3.63, 3.8) is 0 Å². The minimum atomic E-state index is 0.308. The molecular formula is C10H16N2OS. The minimum Gasteiger partial charge on any atom is -0.372 e. The Morgan fingerprint density at radius 2 is 2.07 bits per heavy atom. The van der Waals surface area contributed by atoms with E-state index in [2.05, 4.69) is 29.1 Å². The van der Waals surface area contributed by atoms with Crippen molar-refractivity contribution < 1.29 is 4.74 Å². The second-order valence-corrected chi connectivity index (χ2v) is 4.77. The fraction of sp³-hybridized carbons (Fsp3) is 0.700. The van der Waals surface area contributed by atoms with E-state index >= 15 is 0 Å². The van der Waals surface area contributed by atoms with Crippen LogP contribution in [0.5, 0.6) is 0 Å². The lowest BCUT2D eigenvalue weighted by atomic mass is 10.2. The van der Waals surface area contributed by atoms with Crippen LogP contribution in [-0.2, 0) is 4.74 Å². The third-order valence-electron chi connectivity index (χ3n) is 2.30. The molecule has 1 aliphatic heterocycles. The number of aryl methyl sites for hydroxylation is 1. The maximum absolute atomic E-state index is 5.68. The standard InChI is InChI=1S/C10H16N2OS/c1-7-6-14-10(11-7)12-4-8(2)13-9(3)5-12/h6,8-9H,4-5H2,1-3H3/t8-,9+. The van der Waals surface area contributed by atoms with Crippen molar-refractivity contribution in [2.45, 2.75) is 33.0 Å². The molecule has 0 bridgehead atoms. The van der Waals surface area contributed by atoms with Gasteiger partial charge in [0.25, 0.3) is 0 Å². The lowest BCUT2D eigenvalue weighted by molar-refractivity contribution is -0.00523. The van der Waals surface area contributed by atoms with Crippen molar-refractivity contribution in [1.29, 1.82) is 0 Å². The maximum Gasteiger partial charge on any atom is 0.185 e.